The Morgan fingerprint density at radius 3 is 2.76 bits per heavy atom. The number of nitrogen functional groups attached to an aromatic ring is 1. The first-order valence-corrected chi connectivity index (χ1v) is 8.64. The molecule has 0 bridgehead atoms. The van der Waals surface area contributed by atoms with Gasteiger partial charge in [-0.3, -0.25) is 0 Å². The van der Waals surface area contributed by atoms with Crippen LogP contribution in [0.1, 0.15) is 16.6 Å². The van der Waals surface area contributed by atoms with Crippen LogP contribution in [-0.2, 0) is 4.74 Å². The van der Waals surface area contributed by atoms with Crippen LogP contribution in [0.25, 0.3) is 21.6 Å². The molecule has 3 rings (SSSR count). The first-order chi connectivity index (χ1) is 12.2. The Kier molecular flexibility index (Phi) is 5.11. The lowest BCUT2D eigenvalue weighted by atomic mass is 10.2. The Labute approximate surface area is 148 Å². The lowest BCUT2D eigenvalue weighted by Crippen LogP contribution is -2.09. The van der Waals surface area contributed by atoms with E-state index in [-0.39, 0.29) is 13.2 Å². The highest BCUT2D eigenvalue weighted by atomic mass is 32.1. The number of nitrogens with zero attached hydrogens (tertiary/aromatic N) is 2. The minimum Gasteiger partial charge on any atom is -0.462 e. The Morgan fingerprint density at radius 2 is 2.08 bits per heavy atom. The number of nitrogens with two attached hydrogens (primary N) is 1. The number of benzene rings is 1. The van der Waals surface area contributed by atoms with Crippen LogP contribution in [0, 0.1) is 0 Å². The summed E-state index contributed by atoms with van der Waals surface area (Å²) in [6.07, 6.45) is 0. The number of carbonyl (C=O) groups excluding carboxylic acids is 1. The SMILES string of the molecule is CCOC(=O)c1sc2nc(-c3ccccc3)nc(NCCO)c2c1N. The van der Waals surface area contributed by atoms with Crippen molar-refractivity contribution >= 4 is 39.0 Å². The van der Waals surface area contributed by atoms with E-state index in [1.807, 2.05) is 30.3 Å². The number of rotatable bonds is 6. The monoisotopic (exact) mass is 358 g/mol. The highest BCUT2D eigenvalue weighted by Crippen LogP contribution is 2.38. The molecule has 0 aliphatic rings. The van der Waals surface area contributed by atoms with E-state index >= 15 is 0 Å². The number of ether oxygens (including phenoxy) is 1. The molecule has 25 heavy (non-hydrogen) atoms. The van der Waals surface area contributed by atoms with Gasteiger partial charge in [-0.05, 0) is 6.92 Å². The van der Waals surface area contributed by atoms with Crippen molar-refractivity contribution in [3.8, 4) is 11.4 Å². The van der Waals surface area contributed by atoms with Crippen molar-refractivity contribution < 1.29 is 14.6 Å². The maximum atomic E-state index is 12.1. The van der Waals surface area contributed by atoms with Gasteiger partial charge < -0.3 is 20.9 Å². The molecular formula is C17H18N4O3S. The average Bonchev–Trinajstić information content (AvgIpc) is 2.97. The van der Waals surface area contributed by atoms with Crippen LogP contribution in [-0.4, -0.2) is 40.8 Å². The zero-order chi connectivity index (χ0) is 17.8. The summed E-state index contributed by atoms with van der Waals surface area (Å²) < 4.78 is 5.06. The van der Waals surface area contributed by atoms with Crippen LogP contribution in [0.5, 0.6) is 0 Å². The molecule has 0 amide bonds. The van der Waals surface area contributed by atoms with Gasteiger partial charge in [-0.2, -0.15) is 0 Å². The summed E-state index contributed by atoms with van der Waals surface area (Å²) in [6.45, 7) is 2.26. The van der Waals surface area contributed by atoms with Crippen LogP contribution in [0.15, 0.2) is 30.3 Å². The predicted molar refractivity (Wildman–Crippen MR) is 98.8 cm³/mol. The Morgan fingerprint density at radius 1 is 1.32 bits per heavy atom. The minimum atomic E-state index is -0.475. The molecule has 0 spiro atoms. The molecule has 2 aromatic heterocycles. The Bertz CT molecular complexity index is 896. The second-order valence-corrected chi connectivity index (χ2v) is 6.16. The van der Waals surface area contributed by atoms with Crippen LogP contribution in [0.4, 0.5) is 11.5 Å². The van der Waals surface area contributed by atoms with Crippen molar-refractivity contribution in [2.75, 3.05) is 30.8 Å². The highest BCUT2D eigenvalue weighted by molar-refractivity contribution is 7.21. The van der Waals surface area contributed by atoms with Crippen molar-refractivity contribution in [1.29, 1.82) is 0 Å². The number of hydrogen-bond donors (Lipinski definition) is 3. The molecule has 1 aromatic carbocycles. The second-order valence-electron chi connectivity index (χ2n) is 5.16. The first-order valence-electron chi connectivity index (χ1n) is 7.83. The van der Waals surface area contributed by atoms with Crippen LogP contribution in [0.2, 0.25) is 0 Å². The molecule has 0 atom stereocenters. The molecule has 0 radical (unpaired) electrons. The zero-order valence-corrected chi connectivity index (χ0v) is 14.5. The number of thiophene rings is 1. The van der Waals surface area contributed by atoms with E-state index in [0.717, 1.165) is 5.56 Å². The Balaban J connectivity index is 2.18. The number of fused-ring (bicyclic) bond motifs is 1. The van der Waals surface area contributed by atoms with Gasteiger partial charge in [0.25, 0.3) is 0 Å². The van der Waals surface area contributed by atoms with E-state index in [2.05, 4.69) is 15.3 Å². The number of nitrogens with one attached hydrogen (secondary N) is 1. The summed E-state index contributed by atoms with van der Waals surface area (Å²) in [5, 5.41) is 12.7. The van der Waals surface area contributed by atoms with Crippen molar-refractivity contribution in [2.24, 2.45) is 0 Å². The van der Waals surface area contributed by atoms with Crippen molar-refractivity contribution in [1.82, 2.24) is 9.97 Å². The first kappa shape index (κ1) is 17.1. The van der Waals surface area contributed by atoms with Gasteiger partial charge in [0.2, 0.25) is 0 Å². The highest BCUT2D eigenvalue weighted by Gasteiger charge is 2.22. The molecule has 3 aromatic rings. The van der Waals surface area contributed by atoms with E-state index in [9.17, 15) is 4.79 Å². The molecule has 0 fully saturated rings. The molecule has 0 unspecified atom stereocenters. The minimum absolute atomic E-state index is 0.0546. The average molecular weight is 358 g/mol. The van der Waals surface area contributed by atoms with E-state index in [0.29, 0.717) is 39.0 Å². The van der Waals surface area contributed by atoms with Gasteiger partial charge in [0.05, 0.1) is 24.3 Å². The molecule has 0 saturated heterocycles. The summed E-state index contributed by atoms with van der Waals surface area (Å²) in [7, 11) is 0. The molecular weight excluding hydrogens is 340 g/mol. The fourth-order valence-corrected chi connectivity index (χ4v) is 3.38. The van der Waals surface area contributed by atoms with Gasteiger partial charge in [-0.25, -0.2) is 14.8 Å². The van der Waals surface area contributed by atoms with Crippen molar-refractivity contribution in [3.05, 3.63) is 35.2 Å². The fraction of sp³-hybridized carbons (Fsp3) is 0.235. The van der Waals surface area contributed by atoms with Gasteiger partial charge in [0, 0.05) is 12.1 Å². The van der Waals surface area contributed by atoms with E-state index < -0.39 is 5.97 Å². The molecule has 2 heterocycles. The lowest BCUT2D eigenvalue weighted by molar-refractivity contribution is 0.0533. The maximum Gasteiger partial charge on any atom is 0.350 e. The van der Waals surface area contributed by atoms with Gasteiger partial charge in [0.15, 0.2) is 5.82 Å². The van der Waals surface area contributed by atoms with Crippen LogP contribution >= 0.6 is 11.3 Å². The smallest absolute Gasteiger partial charge is 0.350 e. The number of esters is 1. The summed E-state index contributed by atoms with van der Waals surface area (Å²) >= 11 is 1.18. The number of hydrogen-bond acceptors (Lipinski definition) is 8. The van der Waals surface area contributed by atoms with E-state index in [1.165, 1.54) is 11.3 Å². The van der Waals surface area contributed by atoms with Gasteiger partial charge in [-0.15, -0.1) is 11.3 Å². The van der Waals surface area contributed by atoms with Gasteiger partial charge >= 0.3 is 5.97 Å². The number of aliphatic hydroxyl groups excluding tert-OH is 1. The molecule has 130 valence electrons. The summed E-state index contributed by atoms with van der Waals surface area (Å²) in [4.78, 5) is 22.1. The van der Waals surface area contributed by atoms with Gasteiger partial charge in [0.1, 0.15) is 15.5 Å². The molecule has 0 saturated carbocycles. The molecule has 8 heteroatoms. The van der Waals surface area contributed by atoms with Crippen LogP contribution < -0.4 is 11.1 Å². The number of carbonyl (C=O) groups is 1. The third-order valence-electron chi connectivity index (χ3n) is 3.49. The molecule has 4 N–H and O–H groups in total. The van der Waals surface area contributed by atoms with Gasteiger partial charge in [-0.1, -0.05) is 30.3 Å². The largest absolute Gasteiger partial charge is 0.462 e. The summed E-state index contributed by atoms with van der Waals surface area (Å²) in [5.41, 5.74) is 7.30. The van der Waals surface area contributed by atoms with Crippen molar-refractivity contribution in [2.45, 2.75) is 6.92 Å². The molecule has 0 aliphatic heterocycles. The third-order valence-corrected chi connectivity index (χ3v) is 4.57. The lowest BCUT2D eigenvalue weighted by Gasteiger charge is -2.08. The number of aromatic nitrogens is 2. The van der Waals surface area contributed by atoms with Crippen molar-refractivity contribution in [3.63, 3.8) is 0 Å². The predicted octanol–water partition coefficient (Wildman–Crippen LogP) is 2.52. The molecule has 0 aliphatic carbocycles. The topological polar surface area (TPSA) is 110 Å². The number of anilines is 2. The van der Waals surface area contributed by atoms with E-state index in [4.69, 9.17) is 15.6 Å². The number of aliphatic hydroxyl groups is 1. The molecule has 7 nitrogen and oxygen atoms in total. The normalized spacial score (nSPS) is 10.8. The summed E-state index contributed by atoms with van der Waals surface area (Å²) in [5.74, 6) is 0.532. The zero-order valence-electron chi connectivity index (χ0n) is 13.7. The fourth-order valence-electron chi connectivity index (χ4n) is 2.39. The quantitative estimate of drug-likeness (QED) is 0.581. The van der Waals surface area contributed by atoms with E-state index in [1.54, 1.807) is 6.92 Å². The van der Waals surface area contributed by atoms with Crippen LogP contribution in [0.3, 0.4) is 0 Å². The second kappa shape index (κ2) is 7.45. The standard InChI is InChI=1S/C17H18N4O3S/c1-2-24-17(23)13-12(18)11-15(19-8-9-22)20-14(21-16(11)25-13)10-6-4-3-5-7-10/h3-7,22H,2,8-9,18H2,1H3,(H,19,20,21). The summed E-state index contributed by atoms with van der Waals surface area (Å²) in [6, 6.07) is 9.52. The third kappa shape index (κ3) is 3.40. The Hall–Kier alpha value is -2.71. The maximum absolute atomic E-state index is 12.1.